The van der Waals surface area contributed by atoms with Gasteiger partial charge < -0.3 is 33.7 Å². The van der Waals surface area contributed by atoms with Crippen molar-refractivity contribution in [2.24, 2.45) is 7.05 Å². The summed E-state index contributed by atoms with van der Waals surface area (Å²) in [5, 5.41) is 8.13. The van der Waals surface area contributed by atoms with Crippen LogP contribution < -0.4 is 20.5 Å². The molecule has 17 heteroatoms. The highest BCUT2D eigenvalue weighted by atomic mass is 19.4. The molecule has 306 valence electrons. The molecule has 0 atom stereocenters. The molecule has 14 nitrogen and oxygen atoms in total. The maximum atomic E-state index is 14.4. The molecule has 0 saturated carbocycles. The number of aryl methyl sites for hydroxylation is 2. The van der Waals surface area contributed by atoms with Gasteiger partial charge in [-0.05, 0) is 60.7 Å². The summed E-state index contributed by atoms with van der Waals surface area (Å²) in [5.41, 5.74) is 2.82. The number of aromatic nitrogens is 6. The molecule has 4 aromatic heterocycles. The number of nitrogens with zero attached hydrogens (tertiary/aromatic N) is 8. The zero-order chi connectivity index (χ0) is 41.4. The Morgan fingerprint density at radius 2 is 1.81 bits per heavy atom. The van der Waals surface area contributed by atoms with Gasteiger partial charge >= 0.3 is 6.18 Å². The van der Waals surface area contributed by atoms with Crippen LogP contribution in [0.2, 0.25) is 0 Å². The van der Waals surface area contributed by atoms with Crippen molar-refractivity contribution in [3.63, 3.8) is 0 Å². The minimum atomic E-state index is -4.53. The molecule has 8 rings (SSSR count). The first-order valence-corrected chi connectivity index (χ1v) is 19.3. The van der Waals surface area contributed by atoms with Crippen molar-refractivity contribution in [1.82, 2.24) is 33.6 Å². The van der Waals surface area contributed by atoms with Crippen molar-refractivity contribution in [3.05, 3.63) is 117 Å². The van der Waals surface area contributed by atoms with E-state index in [2.05, 4.69) is 15.4 Å². The molecule has 2 aromatic carbocycles. The molecule has 1 saturated heterocycles. The number of carbonyl (C=O) groups excluding carboxylic acids is 2. The van der Waals surface area contributed by atoms with E-state index in [1.165, 1.54) is 17.5 Å². The molecule has 0 unspecified atom stereocenters. The fourth-order valence-electron chi connectivity index (χ4n) is 7.63. The zero-order valence-electron chi connectivity index (χ0n) is 32.8. The average Bonchev–Trinajstić information content (AvgIpc) is 3.86. The third kappa shape index (κ3) is 7.77. The summed E-state index contributed by atoms with van der Waals surface area (Å²) >= 11 is 0. The van der Waals surface area contributed by atoms with Crippen molar-refractivity contribution < 1.29 is 32.2 Å². The van der Waals surface area contributed by atoms with E-state index in [1.807, 2.05) is 72.1 Å². The molecule has 1 N–H and O–H groups in total. The number of rotatable bonds is 10. The molecule has 0 spiro atoms. The van der Waals surface area contributed by atoms with Crippen molar-refractivity contribution in [1.29, 1.82) is 0 Å². The first-order chi connectivity index (χ1) is 28.4. The van der Waals surface area contributed by atoms with Crippen molar-refractivity contribution in [2.45, 2.75) is 46.0 Å². The number of piperazine rings is 1. The number of alkyl halides is 3. The third-order valence-electron chi connectivity index (χ3n) is 10.7. The van der Waals surface area contributed by atoms with Crippen LogP contribution in [-0.4, -0.2) is 84.8 Å². The predicted octanol–water partition coefficient (Wildman–Crippen LogP) is 5.65. The molecule has 1 fully saturated rings. The molecule has 0 bridgehead atoms. The Bertz CT molecular complexity index is 2660. The van der Waals surface area contributed by atoms with E-state index >= 15 is 0 Å². The molecule has 2 amide bonds. The van der Waals surface area contributed by atoms with Gasteiger partial charge in [0.05, 0.1) is 36.2 Å². The minimum absolute atomic E-state index is 0.150. The number of hydrogen-bond acceptors (Lipinski definition) is 9. The van der Waals surface area contributed by atoms with Crippen LogP contribution in [0.4, 0.5) is 24.5 Å². The van der Waals surface area contributed by atoms with E-state index in [0.29, 0.717) is 49.0 Å². The molecular weight excluding hydrogens is 768 g/mol. The van der Waals surface area contributed by atoms with Crippen molar-refractivity contribution in [2.75, 3.05) is 49.6 Å². The van der Waals surface area contributed by atoms with E-state index < -0.39 is 23.2 Å². The fourth-order valence-corrected chi connectivity index (χ4v) is 7.63. The van der Waals surface area contributed by atoms with Crippen LogP contribution >= 0.6 is 0 Å². The van der Waals surface area contributed by atoms with Gasteiger partial charge in [0.1, 0.15) is 18.8 Å². The SMILES string of the molecule is CCc1c(N2CCN(C(=O)c3ncc4c(ccn4C)c3OCc3ccccc3)CC2)c(=O)n2nc(C3=CCOCC3)nc2n1CC(=O)Nc1ccc(C(F)(F)F)cc1C. The molecule has 2 aliphatic heterocycles. The van der Waals surface area contributed by atoms with Crippen LogP contribution in [-0.2, 0) is 42.3 Å². The average molecular weight is 810 g/mol. The maximum absolute atomic E-state index is 14.4. The summed E-state index contributed by atoms with van der Waals surface area (Å²) in [5.74, 6) is 0.0465. The van der Waals surface area contributed by atoms with Crippen LogP contribution in [0.1, 0.15) is 52.0 Å². The second kappa shape index (κ2) is 16.0. The van der Waals surface area contributed by atoms with Crippen LogP contribution in [0, 0.1) is 6.92 Å². The number of carbonyl (C=O) groups is 2. The summed E-state index contributed by atoms with van der Waals surface area (Å²) < 4.78 is 56.6. The van der Waals surface area contributed by atoms with E-state index in [0.717, 1.165) is 34.2 Å². The van der Waals surface area contributed by atoms with Gasteiger partial charge in [-0.2, -0.15) is 22.7 Å². The first-order valence-electron chi connectivity index (χ1n) is 19.3. The number of fused-ring (bicyclic) bond motifs is 2. The Labute approximate surface area is 336 Å². The van der Waals surface area contributed by atoms with Crippen molar-refractivity contribution in [3.8, 4) is 5.75 Å². The number of hydrogen-bond donors (Lipinski definition) is 1. The van der Waals surface area contributed by atoms with E-state index in [1.54, 1.807) is 15.7 Å². The molecule has 0 radical (unpaired) electrons. The van der Waals surface area contributed by atoms with Gasteiger partial charge in [0.2, 0.25) is 11.7 Å². The van der Waals surface area contributed by atoms with E-state index in [4.69, 9.17) is 14.5 Å². The van der Waals surface area contributed by atoms with Crippen LogP contribution in [0.15, 0.2) is 77.9 Å². The lowest BCUT2D eigenvalue weighted by atomic mass is 10.1. The summed E-state index contributed by atoms with van der Waals surface area (Å²) in [4.78, 5) is 55.3. The van der Waals surface area contributed by atoms with Gasteiger partial charge in [-0.1, -0.05) is 43.3 Å². The smallest absolute Gasteiger partial charge is 0.416 e. The van der Waals surface area contributed by atoms with Crippen LogP contribution in [0.5, 0.6) is 5.75 Å². The van der Waals surface area contributed by atoms with Gasteiger partial charge in [0.25, 0.3) is 11.5 Å². The van der Waals surface area contributed by atoms with Gasteiger partial charge in [0.15, 0.2) is 17.3 Å². The molecular formula is C42H42F3N9O5. The highest BCUT2D eigenvalue weighted by Crippen LogP contribution is 2.33. The van der Waals surface area contributed by atoms with Gasteiger partial charge in [-0.25, -0.2) is 4.98 Å². The normalized spacial score (nSPS) is 14.8. The largest absolute Gasteiger partial charge is 0.486 e. The van der Waals surface area contributed by atoms with Crippen molar-refractivity contribution >= 4 is 45.4 Å². The van der Waals surface area contributed by atoms with E-state index in [9.17, 15) is 27.6 Å². The number of halogens is 3. The van der Waals surface area contributed by atoms with Gasteiger partial charge in [0, 0.05) is 50.5 Å². The zero-order valence-corrected chi connectivity index (χ0v) is 32.8. The standard InChI is InChI=1S/C42H42F3N9O5/c1-4-32-36(51-16-18-52(19-17-51)39(56)35-37(59-25-27-8-6-5-7-9-27)30-12-15-50(3)33(30)23-46-35)40(57)54-41(48-38(49-54)28-13-20-58-21-14-28)53(32)24-34(55)47-31-11-10-29(22-26(31)2)42(43,44)45/h5-13,15,22-23H,4,14,16-21,24-25H2,1-3H3,(H,47,55). The molecule has 59 heavy (non-hydrogen) atoms. The fraction of sp³-hybridized carbons (Fsp3) is 0.333. The van der Waals surface area contributed by atoms with Gasteiger partial charge in [-0.3, -0.25) is 14.4 Å². The van der Waals surface area contributed by atoms with E-state index in [-0.39, 0.29) is 68.0 Å². The van der Waals surface area contributed by atoms with Crippen LogP contribution in [0.25, 0.3) is 22.3 Å². The lowest BCUT2D eigenvalue weighted by Gasteiger charge is -2.36. The number of pyridine rings is 1. The topological polar surface area (TPSA) is 141 Å². The number of benzene rings is 2. The second-order valence-corrected chi connectivity index (χ2v) is 14.5. The Morgan fingerprint density at radius 3 is 2.51 bits per heavy atom. The maximum Gasteiger partial charge on any atom is 0.416 e. The minimum Gasteiger partial charge on any atom is -0.486 e. The summed E-state index contributed by atoms with van der Waals surface area (Å²) in [7, 11) is 1.90. The Hall–Kier alpha value is -6.49. The summed E-state index contributed by atoms with van der Waals surface area (Å²) in [6.45, 7) is 5.22. The lowest BCUT2D eigenvalue weighted by Crippen LogP contribution is -2.51. The van der Waals surface area contributed by atoms with Gasteiger partial charge in [-0.15, -0.1) is 5.10 Å². The Balaban J connectivity index is 1.09. The monoisotopic (exact) mass is 809 g/mol. The molecule has 2 aliphatic rings. The summed E-state index contributed by atoms with van der Waals surface area (Å²) in [6.07, 6.45) is 1.74. The lowest BCUT2D eigenvalue weighted by molar-refractivity contribution is -0.137. The number of anilines is 2. The number of ether oxygens (including phenoxy) is 2. The molecule has 0 aliphatic carbocycles. The number of nitrogens with one attached hydrogen (secondary N) is 1. The first kappa shape index (κ1) is 39.3. The quantitative estimate of drug-likeness (QED) is 0.186. The highest BCUT2D eigenvalue weighted by molar-refractivity contribution is 6.01. The Morgan fingerprint density at radius 1 is 1.03 bits per heavy atom. The predicted molar refractivity (Wildman–Crippen MR) is 214 cm³/mol. The Kier molecular flexibility index (Phi) is 10.7. The number of amides is 2. The molecule has 6 heterocycles. The third-order valence-corrected chi connectivity index (χ3v) is 10.7. The van der Waals surface area contributed by atoms with Crippen LogP contribution in [0.3, 0.4) is 0 Å². The summed E-state index contributed by atoms with van der Waals surface area (Å²) in [6, 6.07) is 14.7. The second-order valence-electron chi connectivity index (χ2n) is 14.5. The highest BCUT2D eigenvalue weighted by Gasteiger charge is 2.33. The molecule has 6 aromatic rings.